The molecule has 5 nitrogen and oxygen atoms in total. The van der Waals surface area contributed by atoms with E-state index in [-0.39, 0.29) is 0 Å². The average Bonchev–Trinajstić information content (AvgIpc) is 2.88. The van der Waals surface area contributed by atoms with Crippen molar-refractivity contribution in [2.75, 3.05) is 0 Å². The highest BCUT2D eigenvalue weighted by Gasteiger charge is 2.13. The van der Waals surface area contributed by atoms with Crippen molar-refractivity contribution in [3.8, 4) is 0 Å². The van der Waals surface area contributed by atoms with Gasteiger partial charge in [-0.15, -0.1) is 0 Å². The highest BCUT2D eigenvalue weighted by Crippen LogP contribution is 2.22. The van der Waals surface area contributed by atoms with Crippen LogP contribution in [0, 0.1) is 0 Å². The van der Waals surface area contributed by atoms with Gasteiger partial charge in [0, 0.05) is 19.8 Å². The Morgan fingerprint density at radius 1 is 1.41 bits per heavy atom. The first-order valence-corrected chi connectivity index (χ1v) is 6.37. The highest BCUT2D eigenvalue weighted by molar-refractivity contribution is 9.10. The van der Waals surface area contributed by atoms with Crippen LogP contribution in [0.4, 0.5) is 0 Å². The summed E-state index contributed by atoms with van der Waals surface area (Å²) in [6.45, 7) is 3.27. The van der Waals surface area contributed by atoms with Crippen molar-refractivity contribution in [1.82, 2.24) is 19.6 Å². The molecule has 0 spiro atoms. The minimum atomic E-state index is 0.472. The number of aromatic nitrogens is 4. The predicted octanol–water partition coefficient (Wildman–Crippen LogP) is 1.45. The molecule has 2 heterocycles. The maximum Gasteiger partial charge on any atom is 0.0839 e. The minimum absolute atomic E-state index is 0.472. The summed E-state index contributed by atoms with van der Waals surface area (Å²) in [6, 6.07) is 1.94. The molecule has 2 N–H and O–H groups in total. The van der Waals surface area contributed by atoms with Gasteiger partial charge in [-0.1, -0.05) is 6.92 Å². The predicted molar refractivity (Wildman–Crippen MR) is 69.5 cm³/mol. The Morgan fingerprint density at radius 3 is 2.71 bits per heavy atom. The Morgan fingerprint density at radius 2 is 2.18 bits per heavy atom. The third-order valence-corrected chi connectivity index (χ3v) is 3.64. The zero-order valence-electron chi connectivity index (χ0n) is 10.0. The molecular weight excluding hydrogens is 282 g/mol. The van der Waals surface area contributed by atoms with Crippen LogP contribution in [0.1, 0.15) is 24.0 Å². The van der Waals surface area contributed by atoms with E-state index in [1.54, 1.807) is 0 Å². The Hall–Kier alpha value is -1.14. The normalized spacial score (nSPS) is 11.1. The molecule has 0 amide bonds. The standard InChI is InChI=1S/C11H16BrN5/c1-3-9-11(12)10(16(2)15-9)7-17-5-4-8(6-13)14-17/h4-5H,3,6-7,13H2,1-2H3. The number of nitrogens with zero attached hydrogens (tertiary/aromatic N) is 4. The second kappa shape index (κ2) is 5.01. The first-order chi connectivity index (χ1) is 8.15. The van der Waals surface area contributed by atoms with Crippen LogP contribution >= 0.6 is 15.9 Å². The van der Waals surface area contributed by atoms with Crippen LogP contribution in [-0.4, -0.2) is 19.6 Å². The summed E-state index contributed by atoms with van der Waals surface area (Å²) >= 11 is 3.59. The van der Waals surface area contributed by atoms with Crippen LogP contribution in [0.5, 0.6) is 0 Å². The second-order valence-electron chi connectivity index (χ2n) is 3.89. The smallest absolute Gasteiger partial charge is 0.0839 e. The van der Waals surface area contributed by atoms with Crippen molar-refractivity contribution < 1.29 is 0 Å². The molecule has 2 aromatic rings. The lowest BCUT2D eigenvalue weighted by Gasteiger charge is -2.03. The van der Waals surface area contributed by atoms with Gasteiger partial charge >= 0.3 is 0 Å². The third-order valence-electron chi connectivity index (χ3n) is 2.72. The largest absolute Gasteiger partial charge is 0.325 e. The maximum atomic E-state index is 5.54. The molecule has 0 radical (unpaired) electrons. The molecule has 0 aliphatic heterocycles. The van der Waals surface area contributed by atoms with E-state index in [1.807, 2.05) is 28.7 Å². The first-order valence-electron chi connectivity index (χ1n) is 5.58. The van der Waals surface area contributed by atoms with Gasteiger partial charge in [0.05, 0.1) is 28.1 Å². The Labute approximate surface area is 109 Å². The van der Waals surface area contributed by atoms with Crippen molar-refractivity contribution in [1.29, 1.82) is 0 Å². The van der Waals surface area contributed by atoms with Gasteiger partial charge in [0.2, 0.25) is 0 Å². The summed E-state index contributed by atoms with van der Waals surface area (Å²) in [5, 5.41) is 8.83. The fraction of sp³-hybridized carbons (Fsp3) is 0.455. The monoisotopic (exact) mass is 297 g/mol. The summed E-state index contributed by atoms with van der Waals surface area (Å²) in [7, 11) is 1.95. The lowest BCUT2D eigenvalue weighted by atomic mass is 10.3. The van der Waals surface area contributed by atoms with Gasteiger partial charge in [0.25, 0.3) is 0 Å². The molecule has 0 aliphatic rings. The zero-order chi connectivity index (χ0) is 12.4. The van der Waals surface area contributed by atoms with E-state index < -0.39 is 0 Å². The molecule has 0 atom stereocenters. The first kappa shape index (κ1) is 12.3. The second-order valence-corrected chi connectivity index (χ2v) is 4.69. The van der Waals surface area contributed by atoms with Gasteiger partial charge in [0.1, 0.15) is 0 Å². The fourth-order valence-electron chi connectivity index (χ4n) is 1.75. The van der Waals surface area contributed by atoms with Crippen molar-refractivity contribution in [2.24, 2.45) is 12.8 Å². The van der Waals surface area contributed by atoms with Gasteiger partial charge in [-0.3, -0.25) is 9.36 Å². The summed E-state index contributed by atoms with van der Waals surface area (Å²) in [5.74, 6) is 0. The number of nitrogens with two attached hydrogens (primary N) is 1. The maximum absolute atomic E-state index is 5.54. The number of halogens is 1. The lowest BCUT2D eigenvalue weighted by molar-refractivity contribution is 0.610. The molecule has 0 saturated heterocycles. The van der Waals surface area contributed by atoms with Crippen LogP contribution in [0.25, 0.3) is 0 Å². The van der Waals surface area contributed by atoms with E-state index in [0.717, 1.165) is 28.0 Å². The van der Waals surface area contributed by atoms with Crippen LogP contribution in [0.3, 0.4) is 0 Å². The zero-order valence-corrected chi connectivity index (χ0v) is 11.6. The molecule has 0 saturated carbocycles. The molecule has 6 heteroatoms. The fourth-order valence-corrected chi connectivity index (χ4v) is 2.49. The van der Waals surface area contributed by atoms with E-state index in [1.165, 1.54) is 0 Å². The summed E-state index contributed by atoms with van der Waals surface area (Å²) in [5.41, 5.74) is 8.64. The van der Waals surface area contributed by atoms with Crippen molar-refractivity contribution in [3.63, 3.8) is 0 Å². The van der Waals surface area contributed by atoms with E-state index in [0.29, 0.717) is 13.1 Å². The topological polar surface area (TPSA) is 61.7 Å². The summed E-state index contributed by atoms with van der Waals surface area (Å²) in [6.07, 6.45) is 2.86. The molecule has 2 aromatic heterocycles. The average molecular weight is 298 g/mol. The number of aryl methyl sites for hydroxylation is 2. The van der Waals surface area contributed by atoms with E-state index >= 15 is 0 Å². The third kappa shape index (κ3) is 2.42. The summed E-state index contributed by atoms with van der Waals surface area (Å²) < 4.78 is 4.85. The van der Waals surface area contributed by atoms with Gasteiger partial charge in [-0.05, 0) is 28.4 Å². The highest BCUT2D eigenvalue weighted by atomic mass is 79.9. The van der Waals surface area contributed by atoms with Crippen LogP contribution in [0.15, 0.2) is 16.7 Å². The van der Waals surface area contributed by atoms with Gasteiger partial charge in [-0.2, -0.15) is 10.2 Å². The van der Waals surface area contributed by atoms with Gasteiger partial charge in [0.15, 0.2) is 0 Å². The molecule has 0 bridgehead atoms. The SMILES string of the molecule is CCc1nn(C)c(Cn2ccc(CN)n2)c1Br. The molecular formula is C11H16BrN5. The van der Waals surface area contributed by atoms with Gasteiger partial charge < -0.3 is 5.73 Å². The van der Waals surface area contributed by atoms with Crippen LogP contribution in [0.2, 0.25) is 0 Å². The van der Waals surface area contributed by atoms with E-state index in [9.17, 15) is 0 Å². The Bertz CT molecular complexity index is 514. The number of hydrogen-bond donors (Lipinski definition) is 1. The van der Waals surface area contributed by atoms with E-state index in [4.69, 9.17) is 5.73 Å². The minimum Gasteiger partial charge on any atom is -0.325 e. The van der Waals surface area contributed by atoms with Crippen LogP contribution < -0.4 is 5.73 Å². The molecule has 0 aromatic carbocycles. The molecule has 0 unspecified atom stereocenters. The van der Waals surface area contributed by atoms with Gasteiger partial charge in [-0.25, -0.2) is 0 Å². The summed E-state index contributed by atoms with van der Waals surface area (Å²) in [4.78, 5) is 0. The lowest BCUT2D eigenvalue weighted by Crippen LogP contribution is -2.07. The van der Waals surface area contributed by atoms with Crippen molar-refractivity contribution in [3.05, 3.63) is 33.8 Å². The molecule has 0 aliphatic carbocycles. The van der Waals surface area contributed by atoms with Crippen LogP contribution in [-0.2, 0) is 26.6 Å². The Balaban J connectivity index is 2.26. The molecule has 0 fully saturated rings. The van der Waals surface area contributed by atoms with E-state index in [2.05, 4.69) is 33.1 Å². The quantitative estimate of drug-likeness (QED) is 0.929. The molecule has 17 heavy (non-hydrogen) atoms. The molecule has 2 rings (SSSR count). The van der Waals surface area contributed by atoms with Crippen molar-refractivity contribution in [2.45, 2.75) is 26.4 Å². The van der Waals surface area contributed by atoms with Crippen molar-refractivity contribution >= 4 is 15.9 Å². The number of hydrogen-bond acceptors (Lipinski definition) is 3. The molecule has 92 valence electrons. The number of rotatable bonds is 4. The Kier molecular flexibility index (Phi) is 3.63.